The van der Waals surface area contributed by atoms with E-state index in [4.69, 9.17) is 21.5 Å². The lowest BCUT2D eigenvalue weighted by Gasteiger charge is -2.32. The summed E-state index contributed by atoms with van der Waals surface area (Å²) in [6.45, 7) is 3.05. The fourth-order valence-corrected chi connectivity index (χ4v) is 3.35. The number of hydrogen-bond donors (Lipinski definition) is 1. The first-order valence-corrected chi connectivity index (χ1v) is 8.91. The average Bonchev–Trinajstić information content (AvgIpc) is 3.32. The van der Waals surface area contributed by atoms with E-state index >= 15 is 0 Å². The van der Waals surface area contributed by atoms with Crippen LogP contribution in [0.5, 0.6) is 0 Å². The first-order valence-electron chi connectivity index (χ1n) is 8.53. The maximum atomic E-state index is 12.8. The Kier molecular flexibility index (Phi) is 6.05. The maximum absolute atomic E-state index is 12.8. The molecule has 28 heavy (non-hydrogen) atoms. The van der Waals surface area contributed by atoms with Crippen molar-refractivity contribution in [1.82, 2.24) is 29.2 Å². The highest BCUT2D eigenvalue weighted by Crippen LogP contribution is 2.26. The van der Waals surface area contributed by atoms with Gasteiger partial charge < -0.3 is 14.6 Å². The summed E-state index contributed by atoms with van der Waals surface area (Å²) in [6.07, 6.45) is 5.30. The molecule has 146 valence electrons. The zero-order chi connectivity index (χ0) is 20.1. The van der Waals surface area contributed by atoms with Crippen LogP contribution in [0.25, 0.3) is 0 Å². The Hall–Kier alpha value is -3.20. The molecule has 2 aromatic heterocycles. The Morgan fingerprint density at radius 3 is 2.71 bits per heavy atom. The minimum Gasteiger partial charge on any atom is -0.483 e. The molecule has 0 saturated carbocycles. The maximum Gasteiger partial charge on any atom is 0.290 e. The third-order valence-corrected chi connectivity index (χ3v) is 4.80. The van der Waals surface area contributed by atoms with Gasteiger partial charge >= 0.3 is 0 Å². The van der Waals surface area contributed by atoms with E-state index in [1.54, 1.807) is 17.4 Å². The predicted molar refractivity (Wildman–Crippen MR) is 100 cm³/mol. The van der Waals surface area contributed by atoms with E-state index in [-0.39, 0.29) is 18.4 Å². The fraction of sp³-hybridized carbons (Fsp3) is 0.278. The monoisotopic (exact) mass is 402 g/mol. The van der Waals surface area contributed by atoms with Crippen LogP contribution in [0.1, 0.15) is 30.2 Å². The van der Waals surface area contributed by atoms with Crippen LogP contribution >= 0.6 is 11.6 Å². The van der Waals surface area contributed by atoms with Gasteiger partial charge in [-0.05, 0) is 18.6 Å². The van der Waals surface area contributed by atoms with E-state index in [2.05, 4.69) is 15.2 Å². The molecule has 0 aliphatic carbocycles. The summed E-state index contributed by atoms with van der Waals surface area (Å²) < 4.78 is 3.83. The van der Waals surface area contributed by atoms with Crippen molar-refractivity contribution in [2.45, 2.75) is 32.6 Å². The first-order chi connectivity index (χ1) is 13.5. The second-order valence-corrected chi connectivity index (χ2v) is 6.61. The molecule has 3 aromatic rings. The molecular weight excluding hydrogens is 384 g/mol. The molecule has 0 radical (unpaired) electrons. The van der Waals surface area contributed by atoms with Crippen molar-refractivity contribution in [2.75, 3.05) is 0 Å². The summed E-state index contributed by atoms with van der Waals surface area (Å²) in [4.78, 5) is 27.0. The van der Waals surface area contributed by atoms with Crippen molar-refractivity contribution in [3.8, 4) is 0 Å². The van der Waals surface area contributed by atoms with Crippen molar-refractivity contribution in [3.05, 3.63) is 65.2 Å². The zero-order valence-corrected chi connectivity index (χ0v) is 15.9. The molecule has 4 rings (SSSR count). The predicted octanol–water partition coefficient (Wildman–Crippen LogP) is 1.98. The number of amides is 1. The minimum absolute atomic E-state index is 0.0408. The van der Waals surface area contributed by atoms with Gasteiger partial charge in [0.25, 0.3) is 6.47 Å². The number of carboxylic acid groups (broad SMARTS) is 1. The average molecular weight is 403 g/mol. The Labute approximate surface area is 166 Å². The molecule has 1 aromatic carbocycles. The lowest BCUT2D eigenvalue weighted by atomic mass is 10.1. The summed E-state index contributed by atoms with van der Waals surface area (Å²) >= 11 is 6.23. The third-order valence-electron chi connectivity index (χ3n) is 4.43. The molecule has 10 heteroatoms. The molecule has 1 N–H and O–H groups in total. The van der Waals surface area contributed by atoms with Crippen LogP contribution in [0.2, 0.25) is 5.02 Å². The van der Waals surface area contributed by atoms with Crippen LogP contribution < -0.4 is 0 Å². The van der Waals surface area contributed by atoms with Crippen LogP contribution in [-0.4, -0.2) is 46.7 Å². The lowest BCUT2D eigenvalue weighted by molar-refractivity contribution is -0.137. The normalized spacial score (nSPS) is 15.6. The molecule has 9 nitrogen and oxygen atoms in total. The highest BCUT2D eigenvalue weighted by atomic mass is 35.5. The summed E-state index contributed by atoms with van der Waals surface area (Å²) in [5.41, 5.74) is 0.927. The van der Waals surface area contributed by atoms with Crippen molar-refractivity contribution in [1.29, 1.82) is 0 Å². The van der Waals surface area contributed by atoms with Crippen LogP contribution in [-0.2, 0) is 29.2 Å². The second kappa shape index (κ2) is 8.66. The van der Waals surface area contributed by atoms with Gasteiger partial charge in [0, 0.05) is 24.0 Å². The smallest absolute Gasteiger partial charge is 0.290 e. The van der Waals surface area contributed by atoms with Crippen molar-refractivity contribution < 1.29 is 14.7 Å². The Morgan fingerprint density at radius 2 is 2.04 bits per heavy atom. The lowest BCUT2D eigenvalue weighted by Crippen LogP contribution is -2.41. The summed E-state index contributed by atoms with van der Waals surface area (Å²) in [5, 5.41) is 16.1. The molecule has 0 spiro atoms. The van der Waals surface area contributed by atoms with Crippen molar-refractivity contribution in [2.24, 2.45) is 0 Å². The number of halogens is 1. The van der Waals surface area contributed by atoms with E-state index in [0.29, 0.717) is 24.7 Å². The Balaban J connectivity index is 0.000000706. The number of nitrogens with zero attached hydrogens (tertiary/aromatic N) is 6. The van der Waals surface area contributed by atoms with Crippen LogP contribution in [0.15, 0.2) is 43.0 Å². The molecule has 1 amide bonds. The van der Waals surface area contributed by atoms with Gasteiger partial charge in [-0.15, -0.1) is 10.2 Å². The standard InChI is InChI=1S/C17H17ClN6O.CH2O2/c1-12-17(25)23(8-13-4-2-3-5-14(13)18)10-16-21-20-15(24(12)16)9-22-7-6-19-11-22;2-1-3/h2-7,11-12H,8-10H2,1H3;1H,(H,2,3)/t12-;/m0./s1. The number of carbonyl (C=O) groups is 2. The number of imidazole rings is 1. The second-order valence-electron chi connectivity index (χ2n) is 6.20. The van der Waals surface area contributed by atoms with Gasteiger partial charge in [0.1, 0.15) is 6.04 Å². The van der Waals surface area contributed by atoms with Crippen LogP contribution in [0.4, 0.5) is 0 Å². The van der Waals surface area contributed by atoms with E-state index in [1.807, 2.05) is 46.5 Å². The third kappa shape index (κ3) is 4.04. The number of carbonyl (C=O) groups excluding carboxylic acids is 1. The molecular formula is C18H19ClN6O3. The zero-order valence-electron chi connectivity index (χ0n) is 15.1. The number of rotatable bonds is 4. The Morgan fingerprint density at radius 1 is 1.29 bits per heavy atom. The van der Waals surface area contributed by atoms with Crippen molar-refractivity contribution in [3.63, 3.8) is 0 Å². The van der Waals surface area contributed by atoms with Crippen LogP contribution in [0, 0.1) is 0 Å². The largest absolute Gasteiger partial charge is 0.483 e. The van der Waals surface area contributed by atoms with Gasteiger partial charge in [-0.2, -0.15) is 0 Å². The molecule has 0 unspecified atom stereocenters. The summed E-state index contributed by atoms with van der Waals surface area (Å²) in [6, 6.07) is 7.22. The number of benzene rings is 1. The van der Waals surface area contributed by atoms with Gasteiger partial charge in [0.15, 0.2) is 11.6 Å². The topological polar surface area (TPSA) is 106 Å². The molecule has 0 bridgehead atoms. The summed E-state index contributed by atoms with van der Waals surface area (Å²) in [5.74, 6) is 1.58. The van der Waals surface area contributed by atoms with E-state index in [0.717, 1.165) is 17.2 Å². The molecule has 3 heterocycles. The summed E-state index contributed by atoms with van der Waals surface area (Å²) in [7, 11) is 0. The van der Waals surface area contributed by atoms with Gasteiger partial charge in [0.2, 0.25) is 5.91 Å². The van der Waals surface area contributed by atoms with Gasteiger partial charge in [0.05, 0.1) is 19.4 Å². The number of aromatic nitrogens is 5. The Bertz CT molecular complexity index is 956. The number of hydrogen-bond acceptors (Lipinski definition) is 5. The minimum atomic E-state index is -0.347. The molecule has 0 fully saturated rings. The molecule has 0 saturated heterocycles. The SMILES string of the molecule is C[C@H]1C(=O)N(Cc2ccccc2Cl)Cc2nnc(Cn3ccnc3)n21.O=CO. The van der Waals surface area contributed by atoms with E-state index in [9.17, 15) is 4.79 Å². The van der Waals surface area contributed by atoms with Gasteiger partial charge in [-0.1, -0.05) is 29.8 Å². The quantitative estimate of drug-likeness (QED) is 0.669. The fourth-order valence-electron chi connectivity index (χ4n) is 3.16. The molecule has 1 aliphatic rings. The first kappa shape index (κ1) is 19.6. The highest BCUT2D eigenvalue weighted by molar-refractivity contribution is 6.31. The molecule has 1 atom stereocenters. The van der Waals surface area contributed by atoms with Gasteiger partial charge in [-0.3, -0.25) is 14.2 Å². The van der Waals surface area contributed by atoms with Gasteiger partial charge in [-0.25, -0.2) is 4.98 Å². The number of fused-ring (bicyclic) bond motifs is 1. The highest BCUT2D eigenvalue weighted by Gasteiger charge is 2.33. The van der Waals surface area contributed by atoms with Crippen LogP contribution in [0.3, 0.4) is 0 Å². The van der Waals surface area contributed by atoms with E-state index in [1.165, 1.54) is 0 Å². The van der Waals surface area contributed by atoms with E-state index < -0.39 is 0 Å². The molecule has 1 aliphatic heterocycles. The van der Waals surface area contributed by atoms with Crippen molar-refractivity contribution >= 4 is 24.0 Å².